The first-order valence-corrected chi connectivity index (χ1v) is 8.43. The number of nitrogens with zero attached hydrogens (tertiary/aromatic N) is 1. The average Bonchev–Trinajstić information content (AvgIpc) is 3.38. The molecular formula is C18H26N2. The van der Waals surface area contributed by atoms with Gasteiger partial charge in [-0.05, 0) is 62.1 Å². The Morgan fingerprint density at radius 1 is 1.00 bits per heavy atom. The summed E-state index contributed by atoms with van der Waals surface area (Å²) >= 11 is 0. The molecule has 1 aliphatic heterocycles. The second-order valence-electron chi connectivity index (χ2n) is 7.10. The molecule has 0 bridgehead atoms. The number of rotatable bonds is 7. The van der Waals surface area contributed by atoms with Crippen LogP contribution in [-0.4, -0.2) is 31.1 Å². The molecule has 1 unspecified atom stereocenters. The lowest BCUT2D eigenvalue weighted by molar-refractivity contribution is 0.244. The lowest BCUT2D eigenvalue weighted by Gasteiger charge is -2.23. The van der Waals surface area contributed by atoms with E-state index < -0.39 is 0 Å². The predicted molar refractivity (Wildman–Crippen MR) is 84.2 cm³/mol. The van der Waals surface area contributed by atoms with E-state index in [4.69, 9.17) is 0 Å². The predicted octanol–water partition coefficient (Wildman–Crippen LogP) is 3.71. The topological polar surface area (TPSA) is 15.3 Å². The van der Waals surface area contributed by atoms with Gasteiger partial charge in [-0.25, -0.2) is 0 Å². The smallest absolute Gasteiger partial charge is 0.0376 e. The molecule has 1 aromatic rings. The minimum atomic E-state index is 0.729. The third-order valence-electron chi connectivity index (χ3n) is 5.16. The average molecular weight is 270 g/mol. The van der Waals surface area contributed by atoms with E-state index in [0.717, 1.165) is 24.3 Å². The number of anilines is 1. The van der Waals surface area contributed by atoms with Crippen LogP contribution in [0.2, 0.25) is 0 Å². The van der Waals surface area contributed by atoms with Gasteiger partial charge in [0.05, 0.1) is 0 Å². The van der Waals surface area contributed by atoms with Gasteiger partial charge in [0.15, 0.2) is 0 Å². The van der Waals surface area contributed by atoms with Crippen LogP contribution in [0.5, 0.6) is 0 Å². The van der Waals surface area contributed by atoms with Gasteiger partial charge >= 0.3 is 0 Å². The molecule has 0 spiro atoms. The molecule has 0 aromatic heterocycles. The monoisotopic (exact) mass is 270 g/mol. The number of fused-ring (bicyclic) bond motifs is 1. The summed E-state index contributed by atoms with van der Waals surface area (Å²) in [5, 5.41) is 3.56. The highest BCUT2D eigenvalue weighted by molar-refractivity contribution is 5.57. The van der Waals surface area contributed by atoms with Gasteiger partial charge < -0.3 is 10.2 Å². The van der Waals surface area contributed by atoms with Crippen LogP contribution in [0.25, 0.3) is 0 Å². The maximum atomic E-state index is 3.56. The standard InChI is InChI=1S/C18H26N2/c1-2-4-18-17(3-1)16(11-19-18)9-10-20(12-14-5-6-14)13-15-7-8-15/h1-4,14-16,19H,5-13H2. The summed E-state index contributed by atoms with van der Waals surface area (Å²) in [5.74, 6) is 2.79. The van der Waals surface area contributed by atoms with Crippen molar-refractivity contribution in [3.63, 3.8) is 0 Å². The molecule has 2 saturated carbocycles. The highest BCUT2D eigenvalue weighted by Gasteiger charge is 2.30. The van der Waals surface area contributed by atoms with E-state index in [0.29, 0.717) is 0 Å². The van der Waals surface area contributed by atoms with Crippen molar-refractivity contribution < 1.29 is 0 Å². The van der Waals surface area contributed by atoms with Crippen molar-refractivity contribution >= 4 is 5.69 Å². The highest BCUT2D eigenvalue weighted by atomic mass is 15.1. The Labute approximate surface area is 122 Å². The molecule has 2 fully saturated rings. The van der Waals surface area contributed by atoms with Crippen molar-refractivity contribution in [2.45, 2.75) is 38.0 Å². The largest absolute Gasteiger partial charge is 0.384 e. The van der Waals surface area contributed by atoms with Gasteiger partial charge in [-0.1, -0.05) is 18.2 Å². The van der Waals surface area contributed by atoms with Crippen LogP contribution in [0.4, 0.5) is 5.69 Å². The Hall–Kier alpha value is -1.02. The normalized spacial score (nSPS) is 24.8. The zero-order valence-electron chi connectivity index (χ0n) is 12.4. The van der Waals surface area contributed by atoms with E-state index >= 15 is 0 Å². The Kier molecular flexibility index (Phi) is 3.43. The fraction of sp³-hybridized carbons (Fsp3) is 0.667. The van der Waals surface area contributed by atoms with Crippen molar-refractivity contribution in [3.8, 4) is 0 Å². The second kappa shape index (κ2) is 5.40. The van der Waals surface area contributed by atoms with E-state index in [2.05, 4.69) is 34.5 Å². The molecule has 4 rings (SSSR count). The first kappa shape index (κ1) is 12.7. The molecule has 1 heterocycles. The second-order valence-corrected chi connectivity index (χ2v) is 7.10. The molecule has 0 saturated heterocycles. The Bertz CT molecular complexity index is 448. The van der Waals surface area contributed by atoms with Gasteiger partial charge in [0, 0.05) is 31.2 Å². The van der Waals surface area contributed by atoms with Gasteiger partial charge in [0.1, 0.15) is 0 Å². The number of hydrogen-bond acceptors (Lipinski definition) is 2. The molecule has 20 heavy (non-hydrogen) atoms. The van der Waals surface area contributed by atoms with Crippen molar-refractivity contribution in [1.29, 1.82) is 0 Å². The van der Waals surface area contributed by atoms with E-state index in [1.165, 1.54) is 57.4 Å². The van der Waals surface area contributed by atoms with Gasteiger partial charge in [-0.3, -0.25) is 0 Å². The highest BCUT2D eigenvalue weighted by Crippen LogP contribution is 2.36. The number of hydrogen-bond donors (Lipinski definition) is 1. The summed E-state index contributed by atoms with van der Waals surface area (Å²) in [6, 6.07) is 8.86. The molecule has 0 radical (unpaired) electrons. The first-order valence-electron chi connectivity index (χ1n) is 8.43. The number of benzene rings is 1. The van der Waals surface area contributed by atoms with Crippen LogP contribution in [0, 0.1) is 11.8 Å². The van der Waals surface area contributed by atoms with Crippen molar-refractivity contribution in [2.24, 2.45) is 11.8 Å². The molecule has 2 heteroatoms. The Morgan fingerprint density at radius 3 is 2.40 bits per heavy atom. The van der Waals surface area contributed by atoms with Crippen molar-refractivity contribution in [1.82, 2.24) is 4.90 Å². The summed E-state index contributed by atoms with van der Waals surface area (Å²) in [7, 11) is 0. The molecule has 1 aromatic carbocycles. The summed E-state index contributed by atoms with van der Waals surface area (Å²) < 4.78 is 0. The minimum Gasteiger partial charge on any atom is -0.384 e. The summed E-state index contributed by atoms with van der Waals surface area (Å²) in [6.45, 7) is 5.18. The molecule has 2 nitrogen and oxygen atoms in total. The van der Waals surface area contributed by atoms with E-state index in [-0.39, 0.29) is 0 Å². The lowest BCUT2D eigenvalue weighted by Crippen LogP contribution is -2.30. The molecule has 0 amide bonds. The summed E-state index contributed by atoms with van der Waals surface area (Å²) in [5.41, 5.74) is 2.92. The van der Waals surface area contributed by atoms with Crippen LogP contribution in [0.3, 0.4) is 0 Å². The van der Waals surface area contributed by atoms with Crippen LogP contribution in [0.15, 0.2) is 24.3 Å². The van der Waals surface area contributed by atoms with Gasteiger partial charge in [0.2, 0.25) is 0 Å². The maximum absolute atomic E-state index is 3.56. The molecule has 1 atom stereocenters. The fourth-order valence-corrected chi connectivity index (χ4v) is 3.54. The van der Waals surface area contributed by atoms with Crippen LogP contribution in [0.1, 0.15) is 43.6 Å². The Balaban J connectivity index is 1.33. The van der Waals surface area contributed by atoms with Crippen LogP contribution >= 0.6 is 0 Å². The summed E-state index contributed by atoms with van der Waals surface area (Å²) in [6.07, 6.45) is 7.25. The van der Waals surface area contributed by atoms with E-state index in [1.807, 2.05) is 0 Å². The zero-order valence-corrected chi connectivity index (χ0v) is 12.4. The van der Waals surface area contributed by atoms with Crippen LogP contribution in [-0.2, 0) is 0 Å². The van der Waals surface area contributed by atoms with Gasteiger partial charge in [-0.2, -0.15) is 0 Å². The molecule has 2 aliphatic carbocycles. The third kappa shape index (κ3) is 3.01. The Morgan fingerprint density at radius 2 is 1.70 bits per heavy atom. The van der Waals surface area contributed by atoms with Crippen LogP contribution < -0.4 is 5.32 Å². The van der Waals surface area contributed by atoms with Gasteiger partial charge in [-0.15, -0.1) is 0 Å². The SMILES string of the molecule is c1ccc2c(c1)NCC2CCN(CC1CC1)CC1CC1. The van der Waals surface area contributed by atoms with Crippen molar-refractivity contribution in [2.75, 3.05) is 31.5 Å². The summed E-state index contributed by atoms with van der Waals surface area (Å²) in [4.78, 5) is 2.77. The quantitative estimate of drug-likeness (QED) is 0.812. The minimum absolute atomic E-state index is 0.729. The van der Waals surface area contributed by atoms with Crippen molar-refractivity contribution in [3.05, 3.63) is 29.8 Å². The maximum Gasteiger partial charge on any atom is 0.0376 e. The van der Waals surface area contributed by atoms with Gasteiger partial charge in [0.25, 0.3) is 0 Å². The zero-order chi connectivity index (χ0) is 13.4. The molecule has 108 valence electrons. The number of nitrogens with one attached hydrogen (secondary N) is 1. The first-order chi connectivity index (χ1) is 9.88. The van der Waals surface area contributed by atoms with E-state index in [9.17, 15) is 0 Å². The molecule has 3 aliphatic rings. The fourth-order valence-electron chi connectivity index (χ4n) is 3.54. The molecule has 1 N–H and O–H groups in total. The number of para-hydroxylation sites is 1. The third-order valence-corrected chi connectivity index (χ3v) is 5.16. The lowest BCUT2D eigenvalue weighted by atomic mass is 9.97. The van der Waals surface area contributed by atoms with E-state index in [1.54, 1.807) is 5.56 Å². The molecular weight excluding hydrogens is 244 g/mol.